The van der Waals surface area contributed by atoms with E-state index in [2.05, 4.69) is 29.2 Å². The van der Waals surface area contributed by atoms with Gasteiger partial charge in [-0.15, -0.1) is 12.4 Å². The minimum Gasteiger partial charge on any atom is -0.385 e. The third kappa shape index (κ3) is 5.74. The average Bonchev–Trinajstić information content (AvgIpc) is 2.76. The van der Waals surface area contributed by atoms with Gasteiger partial charge >= 0.3 is 0 Å². The monoisotopic (exact) mass is 439 g/mol. The maximum absolute atomic E-state index is 14.4. The first-order valence-corrected chi connectivity index (χ1v) is 10.9. The molecule has 1 heterocycles. The molecule has 1 aliphatic rings. The lowest BCUT2D eigenvalue weighted by atomic mass is 9.80. The molecule has 164 valence electrons. The summed E-state index contributed by atoms with van der Waals surface area (Å²) in [5.41, 5.74) is 4.07. The molecular weight excluding hydrogens is 409 g/mol. The number of aliphatic hydroxyl groups is 1. The highest BCUT2D eigenvalue weighted by Gasteiger charge is 2.35. The molecule has 0 amide bonds. The Labute approximate surface area is 191 Å². The molecule has 3 aromatic carbocycles. The van der Waals surface area contributed by atoms with Crippen molar-refractivity contribution in [2.24, 2.45) is 0 Å². The van der Waals surface area contributed by atoms with Crippen molar-refractivity contribution in [3.8, 4) is 0 Å². The zero-order valence-corrected chi connectivity index (χ0v) is 18.9. The van der Waals surface area contributed by atoms with Crippen LogP contribution in [0.3, 0.4) is 0 Å². The second-order valence-corrected chi connectivity index (χ2v) is 8.54. The van der Waals surface area contributed by atoms with Gasteiger partial charge in [-0.2, -0.15) is 0 Å². The van der Waals surface area contributed by atoms with Crippen LogP contribution in [0.1, 0.15) is 40.7 Å². The number of likely N-dealkylation sites (tertiary alicyclic amines) is 1. The topological polar surface area (TPSA) is 23.5 Å². The van der Waals surface area contributed by atoms with Gasteiger partial charge in [-0.1, -0.05) is 66.7 Å². The van der Waals surface area contributed by atoms with E-state index >= 15 is 0 Å². The molecule has 4 heteroatoms. The summed E-state index contributed by atoms with van der Waals surface area (Å²) in [6.07, 6.45) is 2.94. The second kappa shape index (κ2) is 10.4. The van der Waals surface area contributed by atoms with Crippen molar-refractivity contribution in [1.82, 2.24) is 4.90 Å². The van der Waals surface area contributed by atoms with Gasteiger partial charge in [0.1, 0.15) is 5.82 Å². The number of nitrogens with zero attached hydrogens (tertiary/aromatic N) is 1. The minimum absolute atomic E-state index is 0. The SMILES string of the molecule is Cc1ccc(Cc2ccccc2C2(O)CCN(CCc3ccccc3)CC2)c(F)c1.Cl. The van der Waals surface area contributed by atoms with Crippen LogP contribution in [0.15, 0.2) is 72.8 Å². The van der Waals surface area contributed by atoms with E-state index in [1.807, 2.05) is 49.4 Å². The summed E-state index contributed by atoms with van der Waals surface area (Å²) in [6, 6.07) is 23.9. The third-order valence-corrected chi connectivity index (χ3v) is 6.35. The van der Waals surface area contributed by atoms with Crippen molar-refractivity contribution >= 4 is 12.4 Å². The molecule has 4 rings (SSSR count). The molecule has 0 radical (unpaired) electrons. The van der Waals surface area contributed by atoms with Crippen LogP contribution in [0.4, 0.5) is 4.39 Å². The molecule has 1 saturated heterocycles. The summed E-state index contributed by atoms with van der Waals surface area (Å²) in [4.78, 5) is 2.43. The van der Waals surface area contributed by atoms with E-state index in [0.717, 1.165) is 42.7 Å². The minimum atomic E-state index is -0.846. The van der Waals surface area contributed by atoms with E-state index in [-0.39, 0.29) is 18.2 Å². The first kappa shape index (κ1) is 23.5. The molecule has 0 spiro atoms. The van der Waals surface area contributed by atoms with Gasteiger partial charge in [-0.3, -0.25) is 0 Å². The van der Waals surface area contributed by atoms with E-state index in [1.165, 1.54) is 5.56 Å². The van der Waals surface area contributed by atoms with Crippen LogP contribution in [0, 0.1) is 12.7 Å². The molecule has 2 nitrogen and oxygen atoms in total. The molecule has 3 aromatic rings. The van der Waals surface area contributed by atoms with Gasteiger partial charge in [0.25, 0.3) is 0 Å². The Morgan fingerprint density at radius 2 is 1.58 bits per heavy atom. The van der Waals surface area contributed by atoms with Crippen molar-refractivity contribution in [3.05, 3.63) is 106 Å². The van der Waals surface area contributed by atoms with E-state index in [9.17, 15) is 9.50 Å². The first-order valence-electron chi connectivity index (χ1n) is 10.9. The van der Waals surface area contributed by atoms with Gasteiger partial charge in [-0.05, 0) is 60.1 Å². The van der Waals surface area contributed by atoms with E-state index in [4.69, 9.17) is 0 Å². The van der Waals surface area contributed by atoms with Crippen molar-refractivity contribution in [2.45, 2.75) is 38.2 Å². The maximum atomic E-state index is 14.4. The predicted molar refractivity (Wildman–Crippen MR) is 127 cm³/mol. The normalized spacial score (nSPS) is 16.0. The Morgan fingerprint density at radius 3 is 2.29 bits per heavy atom. The van der Waals surface area contributed by atoms with E-state index in [1.54, 1.807) is 6.07 Å². The van der Waals surface area contributed by atoms with Crippen molar-refractivity contribution < 1.29 is 9.50 Å². The van der Waals surface area contributed by atoms with Gasteiger partial charge in [-0.25, -0.2) is 4.39 Å². The quantitative estimate of drug-likeness (QED) is 0.534. The van der Waals surface area contributed by atoms with Crippen LogP contribution in [-0.4, -0.2) is 29.6 Å². The Balaban J connectivity index is 0.00000272. The van der Waals surface area contributed by atoms with Gasteiger partial charge < -0.3 is 10.0 Å². The Bertz CT molecular complexity index is 984. The van der Waals surface area contributed by atoms with Gasteiger partial charge in [0, 0.05) is 26.1 Å². The Hall–Kier alpha value is -2.20. The van der Waals surface area contributed by atoms with Crippen LogP contribution >= 0.6 is 12.4 Å². The molecular formula is C27H31ClFNO. The lowest BCUT2D eigenvalue weighted by Crippen LogP contribution is -2.43. The number of piperidine rings is 1. The van der Waals surface area contributed by atoms with Crippen molar-refractivity contribution in [3.63, 3.8) is 0 Å². The largest absolute Gasteiger partial charge is 0.385 e. The zero-order chi connectivity index (χ0) is 21.0. The van der Waals surface area contributed by atoms with Crippen LogP contribution in [-0.2, 0) is 18.4 Å². The second-order valence-electron chi connectivity index (χ2n) is 8.54. The highest BCUT2D eigenvalue weighted by Crippen LogP contribution is 2.36. The van der Waals surface area contributed by atoms with Gasteiger partial charge in [0.15, 0.2) is 0 Å². The summed E-state index contributed by atoms with van der Waals surface area (Å²) in [5.74, 6) is -0.174. The van der Waals surface area contributed by atoms with E-state index < -0.39 is 5.60 Å². The molecule has 0 bridgehead atoms. The molecule has 0 atom stereocenters. The van der Waals surface area contributed by atoms with Crippen LogP contribution in [0.2, 0.25) is 0 Å². The summed E-state index contributed by atoms with van der Waals surface area (Å²) < 4.78 is 14.4. The highest BCUT2D eigenvalue weighted by molar-refractivity contribution is 5.85. The molecule has 1 fully saturated rings. The fraction of sp³-hybridized carbons (Fsp3) is 0.333. The van der Waals surface area contributed by atoms with Crippen LogP contribution in [0.5, 0.6) is 0 Å². The maximum Gasteiger partial charge on any atom is 0.126 e. The molecule has 1 aliphatic heterocycles. The first-order chi connectivity index (χ1) is 14.5. The molecule has 0 saturated carbocycles. The third-order valence-electron chi connectivity index (χ3n) is 6.35. The van der Waals surface area contributed by atoms with Crippen molar-refractivity contribution in [1.29, 1.82) is 0 Å². The number of rotatable bonds is 6. The summed E-state index contributed by atoms with van der Waals surface area (Å²) >= 11 is 0. The summed E-state index contributed by atoms with van der Waals surface area (Å²) in [5, 5.41) is 11.5. The number of aryl methyl sites for hydroxylation is 1. The Kier molecular flexibility index (Phi) is 7.88. The zero-order valence-electron chi connectivity index (χ0n) is 18.1. The van der Waals surface area contributed by atoms with Gasteiger partial charge in [0.2, 0.25) is 0 Å². The number of halogens is 2. The summed E-state index contributed by atoms with van der Waals surface area (Å²) in [6.45, 7) is 4.65. The predicted octanol–water partition coefficient (Wildman–Crippen LogP) is 5.67. The molecule has 0 unspecified atom stereocenters. The molecule has 1 N–H and O–H groups in total. The molecule has 0 aromatic heterocycles. The van der Waals surface area contributed by atoms with Crippen LogP contribution < -0.4 is 0 Å². The molecule has 0 aliphatic carbocycles. The molecule has 31 heavy (non-hydrogen) atoms. The standard InChI is InChI=1S/C27H30FNO.ClH/c1-21-11-12-24(26(28)19-21)20-23-9-5-6-10-25(23)27(30)14-17-29(18-15-27)16-13-22-7-3-2-4-8-22;/h2-12,19,30H,13-18,20H2,1H3;1H. The lowest BCUT2D eigenvalue weighted by Gasteiger charge is -2.39. The average molecular weight is 440 g/mol. The van der Waals surface area contributed by atoms with Crippen molar-refractivity contribution in [2.75, 3.05) is 19.6 Å². The Morgan fingerprint density at radius 1 is 0.903 bits per heavy atom. The lowest BCUT2D eigenvalue weighted by molar-refractivity contribution is -0.0261. The highest BCUT2D eigenvalue weighted by atomic mass is 35.5. The fourth-order valence-electron chi connectivity index (χ4n) is 4.48. The van der Waals surface area contributed by atoms with E-state index in [0.29, 0.717) is 24.8 Å². The smallest absolute Gasteiger partial charge is 0.126 e. The van der Waals surface area contributed by atoms with Crippen LogP contribution in [0.25, 0.3) is 0 Å². The fourth-order valence-corrected chi connectivity index (χ4v) is 4.48. The number of hydrogen-bond acceptors (Lipinski definition) is 2. The summed E-state index contributed by atoms with van der Waals surface area (Å²) in [7, 11) is 0. The van der Waals surface area contributed by atoms with Gasteiger partial charge in [0.05, 0.1) is 5.60 Å². The number of benzene rings is 3. The number of hydrogen-bond donors (Lipinski definition) is 1.